The van der Waals surface area contributed by atoms with Crippen molar-refractivity contribution in [3.8, 4) is 11.8 Å². The van der Waals surface area contributed by atoms with Gasteiger partial charge in [-0.05, 0) is 30.4 Å². The lowest BCUT2D eigenvalue weighted by atomic mass is 10.3. The van der Waals surface area contributed by atoms with Crippen LogP contribution in [0.25, 0.3) is 0 Å². The molecule has 2 aromatic rings. The Balaban J connectivity index is 1.65. The van der Waals surface area contributed by atoms with E-state index < -0.39 is 0 Å². The summed E-state index contributed by atoms with van der Waals surface area (Å²) in [6.45, 7) is 2.54. The number of rotatable bonds is 5. The van der Waals surface area contributed by atoms with Crippen molar-refractivity contribution in [2.24, 2.45) is 5.73 Å². The Bertz CT molecular complexity index is 600. The number of hydrogen-bond acceptors (Lipinski definition) is 4. The lowest BCUT2D eigenvalue weighted by Gasteiger charge is -2.20. The van der Waals surface area contributed by atoms with Crippen LogP contribution in [0.4, 0.5) is 0 Å². The third-order valence-electron chi connectivity index (χ3n) is 3.35. The van der Waals surface area contributed by atoms with Crippen LogP contribution < -0.4 is 5.73 Å². The number of hydrogen-bond donors (Lipinski definition) is 1. The largest absolute Gasteiger partial charge is 0.320 e. The predicted octanol–water partition coefficient (Wildman–Crippen LogP) is 3.28. The number of nitrogens with zero attached hydrogens (tertiary/aromatic N) is 1. The maximum atomic E-state index is 5.41. The maximum Gasteiger partial charge on any atom is 0.0555 e. The lowest BCUT2D eigenvalue weighted by Crippen LogP contribution is -2.24. The molecule has 0 unspecified atom stereocenters. The molecule has 0 bridgehead atoms. The van der Waals surface area contributed by atoms with E-state index in [9.17, 15) is 0 Å². The first kappa shape index (κ1) is 13.8. The highest BCUT2D eigenvalue weighted by atomic mass is 32.1. The van der Waals surface area contributed by atoms with Crippen LogP contribution in [0.5, 0.6) is 0 Å². The fraction of sp³-hybridized carbons (Fsp3) is 0.375. The van der Waals surface area contributed by atoms with E-state index in [4.69, 9.17) is 5.73 Å². The molecule has 1 aliphatic rings. The predicted molar refractivity (Wildman–Crippen MR) is 86.8 cm³/mol. The summed E-state index contributed by atoms with van der Waals surface area (Å²) in [4.78, 5) is 5.45. The third-order valence-corrected chi connectivity index (χ3v) is 5.13. The van der Waals surface area contributed by atoms with Crippen molar-refractivity contribution in [1.29, 1.82) is 0 Å². The third kappa shape index (κ3) is 3.71. The molecule has 0 radical (unpaired) electrons. The molecule has 20 heavy (non-hydrogen) atoms. The quantitative estimate of drug-likeness (QED) is 0.859. The first-order chi connectivity index (χ1) is 9.85. The summed E-state index contributed by atoms with van der Waals surface area (Å²) >= 11 is 3.65. The second-order valence-corrected chi connectivity index (χ2v) is 7.05. The Hall–Kier alpha value is -1.12. The number of thiophene rings is 2. The second-order valence-electron chi connectivity index (χ2n) is 5.02. The lowest BCUT2D eigenvalue weighted by molar-refractivity contribution is 0.250. The Kier molecular flexibility index (Phi) is 4.54. The van der Waals surface area contributed by atoms with Crippen LogP contribution >= 0.6 is 22.7 Å². The summed E-state index contributed by atoms with van der Waals surface area (Å²) in [5.41, 5.74) is 6.51. The van der Waals surface area contributed by atoms with Crippen molar-refractivity contribution in [1.82, 2.24) is 4.90 Å². The molecular weight excluding hydrogens is 284 g/mol. The molecule has 2 N–H and O–H groups in total. The Morgan fingerprint density at radius 2 is 2.10 bits per heavy atom. The zero-order chi connectivity index (χ0) is 13.8. The molecule has 0 saturated heterocycles. The molecule has 2 heterocycles. The van der Waals surface area contributed by atoms with Crippen molar-refractivity contribution in [2.75, 3.05) is 6.54 Å². The summed E-state index contributed by atoms with van der Waals surface area (Å²) in [6, 6.07) is 7.35. The van der Waals surface area contributed by atoms with Gasteiger partial charge in [0, 0.05) is 39.8 Å². The second kappa shape index (κ2) is 6.55. The molecule has 1 aliphatic carbocycles. The topological polar surface area (TPSA) is 29.3 Å². The van der Waals surface area contributed by atoms with Crippen LogP contribution in [0, 0.1) is 11.8 Å². The summed E-state index contributed by atoms with van der Waals surface area (Å²) in [5, 5.41) is 4.29. The van der Waals surface area contributed by atoms with Crippen LogP contribution in [0.1, 0.15) is 28.2 Å². The standard InChI is InChI=1S/C16H18N2S2/c17-7-1-3-13-9-16(20-12-13)11-18(14-5-6-14)10-15-4-2-8-19-15/h2,4,8-9,12,14H,5-7,10-11,17H2. The van der Waals surface area contributed by atoms with Crippen molar-refractivity contribution >= 4 is 22.7 Å². The van der Waals surface area contributed by atoms with Gasteiger partial charge in [-0.1, -0.05) is 17.9 Å². The average Bonchev–Trinajstić information content (AvgIpc) is 3.00. The van der Waals surface area contributed by atoms with E-state index in [0.717, 1.165) is 24.7 Å². The monoisotopic (exact) mass is 302 g/mol. The average molecular weight is 302 g/mol. The molecule has 0 atom stereocenters. The van der Waals surface area contributed by atoms with Gasteiger partial charge in [0.25, 0.3) is 0 Å². The Labute approximate surface area is 128 Å². The van der Waals surface area contributed by atoms with E-state index in [0.29, 0.717) is 6.54 Å². The highest BCUT2D eigenvalue weighted by Gasteiger charge is 2.29. The van der Waals surface area contributed by atoms with Gasteiger partial charge in [0.1, 0.15) is 0 Å². The molecule has 0 aromatic carbocycles. The van der Waals surface area contributed by atoms with Gasteiger partial charge in [-0.2, -0.15) is 0 Å². The zero-order valence-electron chi connectivity index (χ0n) is 11.3. The van der Waals surface area contributed by atoms with E-state index in [1.165, 1.54) is 22.6 Å². The van der Waals surface area contributed by atoms with E-state index in [-0.39, 0.29) is 0 Å². The highest BCUT2D eigenvalue weighted by Crippen LogP contribution is 2.31. The van der Waals surface area contributed by atoms with Gasteiger partial charge in [-0.3, -0.25) is 4.90 Å². The molecule has 2 aromatic heterocycles. The van der Waals surface area contributed by atoms with Crippen LogP contribution in [-0.4, -0.2) is 17.5 Å². The van der Waals surface area contributed by atoms with E-state index in [1.54, 1.807) is 11.3 Å². The molecule has 2 nitrogen and oxygen atoms in total. The minimum absolute atomic E-state index is 0.428. The van der Waals surface area contributed by atoms with Gasteiger partial charge < -0.3 is 5.73 Å². The van der Waals surface area contributed by atoms with Crippen LogP contribution in [0.2, 0.25) is 0 Å². The molecule has 0 amide bonds. The van der Waals surface area contributed by atoms with E-state index in [2.05, 4.69) is 45.7 Å². The summed E-state index contributed by atoms with van der Waals surface area (Å²) in [6.07, 6.45) is 2.69. The van der Waals surface area contributed by atoms with Gasteiger partial charge in [0.05, 0.1) is 6.54 Å². The van der Waals surface area contributed by atoms with Gasteiger partial charge in [0.15, 0.2) is 0 Å². The van der Waals surface area contributed by atoms with Crippen LogP contribution in [-0.2, 0) is 13.1 Å². The van der Waals surface area contributed by atoms with Crippen molar-refractivity contribution in [3.05, 3.63) is 44.3 Å². The summed E-state index contributed by atoms with van der Waals surface area (Å²) in [5.74, 6) is 6.02. The maximum absolute atomic E-state index is 5.41. The molecule has 104 valence electrons. The highest BCUT2D eigenvalue weighted by molar-refractivity contribution is 7.10. The van der Waals surface area contributed by atoms with Gasteiger partial charge in [-0.15, -0.1) is 22.7 Å². The van der Waals surface area contributed by atoms with Crippen LogP contribution in [0.3, 0.4) is 0 Å². The van der Waals surface area contributed by atoms with Gasteiger partial charge in [0.2, 0.25) is 0 Å². The zero-order valence-corrected chi connectivity index (χ0v) is 13.0. The van der Waals surface area contributed by atoms with Crippen molar-refractivity contribution in [3.63, 3.8) is 0 Å². The molecule has 0 spiro atoms. The van der Waals surface area contributed by atoms with Crippen LogP contribution in [0.15, 0.2) is 29.0 Å². The van der Waals surface area contributed by atoms with Crippen molar-refractivity contribution in [2.45, 2.75) is 32.0 Å². The van der Waals surface area contributed by atoms with Crippen molar-refractivity contribution < 1.29 is 0 Å². The Morgan fingerprint density at radius 3 is 2.80 bits per heavy atom. The summed E-state index contributed by atoms with van der Waals surface area (Å²) < 4.78 is 0. The minimum atomic E-state index is 0.428. The fourth-order valence-corrected chi connectivity index (χ4v) is 3.81. The summed E-state index contributed by atoms with van der Waals surface area (Å²) in [7, 11) is 0. The SMILES string of the molecule is NCC#Cc1csc(CN(Cc2cccs2)C2CC2)c1. The van der Waals surface area contributed by atoms with Gasteiger partial charge in [-0.25, -0.2) is 0 Å². The minimum Gasteiger partial charge on any atom is -0.320 e. The molecule has 3 rings (SSSR count). The van der Waals surface area contributed by atoms with Gasteiger partial charge >= 0.3 is 0 Å². The first-order valence-electron chi connectivity index (χ1n) is 6.88. The first-order valence-corrected chi connectivity index (χ1v) is 8.64. The molecular formula is C16H18N2S2. The molecule has 4 heteroatoms. The normalized spacial score (nSPS) is 14.3. The van der Waals surface area contributed by atoms with E-state index in [1.807, 2.05) is 11.3 Å². The molecule has 1 fully saturated rings. The smallest absolute Gasteiger partial charge is 0.0555 e. The molecule has 1 saturated carbocycles. The van der Waals surface area contributed by atoms with E-state index >= 15 is 0 Å². The Morgan fingerprint density at radius 1 is 1.25 bits per heavy atom. The number of nitrogens with two attached hydrogens (primary N) is 1. The molecule has 0 aliphatic heterocycles. The fourth-order valence-electron chi connectivity index (χ4n) is 2.24.